The number of carbonyl (C=O) groups is 2. The van der Waals surface area contributed by atoms with Crippen LogP contribution in [0.25, 0.3) is 0 Å². The first-order valence-electron chi connectivity index (χ1n) is 7.71. The molecule has 1 saturated heterocycles. The molecule has 0 radical (unpaired) electrons. The monoisotopic (exact) mass is 321 g/mol. The Hall–Kier alpha value is -1.96. The number of hydrogen-bond acceptors (Lipinski definition) is 5. The van der Waals surface area contributed by atoms with E-state index in [-0.39, 0.29) is 24.5 Å². The minimum atomic E-state index is -0.354. The van der Waals surface area contributed by atoms with Gasteiger partial charge in [0.25, 0.3) is 5.91 Å². The first-order chi connectivity index (χ1) is 11.2. The number of methoxy groups -OCH3 is 1. The summed E-state index contributed by atoms with van der Waals surface area (Å²) in [6.45, 7) is 2.05. The molecule has 0 aliphatic carbocycles. The summed E-state index contributed by atoms with van der Waals surface area (Å²) in [4.78, 5) is 23.6. The summed E-state index contributed by atoms with van der Waals surface area (Å²) in [5.74, 6) is -0.251. The topological polar surface area (TPSA) is 88.7 Å². The van der Waals surface area contributed by atoms with Crippen LogP contribution >= 0.6 is 0 Å². The highest BCUT2D eigenvalue weighted by atomic mass is 16.5. The Morgan fingerprint density at radius 3 is 2.52 bits per heavy atom. The highest BCUT2D eigenvalue weighted by molar-refractivity contribution is 5.95. The fourth-order valence-electron chi connectivity index (χ4n) is 2.23. The second kappa shape index (κ2) is 9.24. The largest absolute Gasteiger partial charge is 0.383 e. The molecule has 1 aromatic rings. The molecule has 23 heavy (non-hydrogen) atoms. The van der Waals surface area contributed by atoms with Crippen LogP contribution in [0.5, 0.6) is 0 Å². The summed E-state index contributed by atoms with van der Waals surface area (Å²) in [5, 5.41) is 8.55. The van der Waals surface area contributed by atoms with E-state index >= 15 is 0 Å². The van der Waals surface area contributed by atoms with Gasteiger partial charge in [0.15, 0.2) is 0 Å². The van der Waals surface area contributed by atoms with E-state index in [2.05, 4.69) is 16.0 Å². The zero-order valence-electron chi connectivity index (χ0n) is 13.3. The normalized spacial score (nSPS) is 17.0. The van der Waals surface area contributed by atoms with Gasteiger partial charge < -0.3 is 25.4 Å². The zero-order chi connectivity index (χ0) is 16.5. The molecule has 0 spiro atoms. The molecule has 1 aliphatic rings. The maximum absolute atomic E-state index is 11.9. The average molecular weight is 321 g/mol. The van der Waals surface area contributed by atoms with Crippen molar-refractivity contribution in [2.45, 2.75) is 18.9 Å². The van der Waals surface area contributed by atoms with Crippen molar-refractivity contribution >= 4 is 23.2 Å². The number of benzene rings is 1. The van der Waals surface area contributed by atoms with Gasteiger partial charge in [-0.1, -0.05) is 0 Å². The Labute approximate surface area is 135 Å². The zero-order valence-corrected chi connectivity index (χ0v) is 13.3. The SMILES string of the molecule is COCCNCC(=O)Nc1ccc(NC(=O)C2CCCO2)cc1. The molecule has 3 N–H and O–H groups in total. The minimum Gasteiger partial charge on any atom is -0.383 e. The van der Waals surface area contributed by atoms with Gasteiger partial charge in [-0.2, -0.15) is 0 Å². The predicted octanol–water partition coefficient (Wildman–Crippen LogP) is 0.979. The summed E-state index contributed by atoms with van der Waals surface area (Å²) in [6.07, 6.45) is 1.32. The van der Waals surface area contributed by atoms with Gasteiger partial charge in [0, 0.05) is 31.6 Å². The number of rotatable bonds is 8. The second-order valence-electron chi connectivity index (χ2n) is 5.29. The molecule has 7 heteroatoms. The fourth-order valence-corrected chi connectivity index (χ4v) is 2.23. The highest BCUT2D eigenvalue weighted by Crippen LogP contribution is 2.17. The Morgan fingerprint density at radius 1 is 1.22 bits per heavy atom. The van der Waals surface area contributed by atoms with E-state index in [0.29, 0.717) is 31.1 Å². The van der Waals surface area contributed by atoms with E-state index in [1.165, 1.54) is 0 Å². The first kappa shape index (κ1) is 17.4. The summed E-state index contributed by atoms with van der Waals surface area (Å²) in [7, 11) is 1.61. The van der Waals surface area contributed by atoms with Gasteiger partial charge >= 0.3 is 0 Å². The molecule has 1 unspecified atom stereocenters. The number of amides is 2. The van der Waals surface area contributed by atoms with Crippen molar-refractivity contribution in [1.29, 1.82) is 0 Å². The van der Waals surface area contributed by atoms with E-state index in [0.717, 1.165) is 12.8 Å². The van der Waals surface area contributed by atoms with Gasteiger partial charge in [0.1, 0.15) is 6.10 Å². The average Bonchev–Trinajstić information content (AvgIpc) is 3.08. The fraction of sp³-hybridized carbons (Fsp3) is 0.500. The third-order valence-electron chi connectivity index (χ3n) is 3.43. The van der Waals surface area contributed by atoms with Crippen molar-refractivity contribution in [3.63, 3.8) is 0 Å². The first-order valence-corrected chi connectivity index (χ1v) is 7.71. The number of hydrogen-bond donors (Lipinski definition) is 3. The van der Waals surface area contributed by atoms with Crippen molar-refractivity contribution in [2.24, 2.45) is 0 Å². The maximum atomic E-state index is 11.9. The van der Waals surface area contributed by atoms with Gasteiger partial charge in [-0.3, -0.25) is 9.59 Å². The quantitative estimate of drug-likeness (QED) is 0.621. The minimum absolute atomic E-state index is 0.123. The molecule has 0 aromatic heterocycles. The molecule has 0 bridgehead atoms. The van der Waals surface area contributed by atoms with Crippen LogP contribution in [0, 0.1) is 0 Å². The lowest BCUT2D eigenvalue weighted by molar-refractivity contribution is -0.124. The highest BCUT2D eigenvalue weighted by Gasteiger charge is 2.23. The molecular formula is C16H23N3O4. The molecule has 0 saturated carbocycles. The smallest absolute Gasteiger partial charge is 0.253 e. The molecule has 126 valence electrons. The molecule has 7 nitrogen and oxygen atoms in total. The lowest BCUT2D eigenvalue weighted by Gasteiger charge is -2.11. The second-order valence-corrected chi connectivity index (χ2v) is 5.29. The number of anilines is 2. The van der Waals surface area contributed by atoms with E-state index in [9.17, 15) is 9.59 Å². The van der Waals surface area contributed by atoms with E-state index in [1.54, 1.807) is 31.4 Å². The van der Waals surface area contributed by atoms with Crippen LogP contribution in [0.2, 0.25) is 0 Å². The maximum Gasteiger partial charge on any atom is 0.253 e. The lowest BCUT2D eigenvalue weighted by atomic mass is 10.2. The molecule has 1 aromatic carbocycles. The van der Waals surface area contributed by atoms with Crippen molar-refractivity contribution in [3.05, 3.63) is 24.3 Å². The summed E-state index contributed by atoms with van der Waals surface area (Å²) >= 11 is 0. The predicted molar refractivity (Wildman–Crippen MR) is 87.4 cm³/mol. The molecule has 1 heterocycles. The Balaban J connectivity index is 1.75. The summed E-state index contributed by atoms with van der Waals surface area (Å²) in [5.41, 5.74) is 1.36. The molecule has 1 fully saturated rings. The van der Waals surface area contributed by atoms with Crippen LogP contribution in [0.1, 0.15) is 12.8 Å². The van der Waals surface area contributed by atoms with E-state index < -0.39 is 0 Å². The Morgan fingerprint density at radius 2 is 1.91 bits per heavy atom. The third kappa shape index (κ3) is 5.97. The molecular weight excluding hydrogens is 298 g/mol. The lowest BCUT2D eigenvalue weighted by Crippen LogP contribution is -2.30. The number of ether oxygens (including phenoxy) is 2. The van der Waals surface area contributed by atoms with Crippen LogP contribution in [0.15, 0.2) is 24.3 Å². The van der Waals surface area contributed by atoms with Crippen LogP contribution in [0.4, 0.5) is 11.4 Å². The van der Waals surface area contributed by atoms with E-state index in [4.69, 9.17) is 9.47 Å². The van der Waals surface area contributed by atoms with Gasteiger partial charge in [-0.15, -0.1) is 0 Å². The Kier molecular flexibility index (Phi) is 6.99. The van der Waals surface area contributed by atoms with Gasteiger partial charge in [-0.05, 0) is 37.1 Å². The standard InChI is InChI=1S/C16H23N3O4/c1-22-10-8-17-11-15(20)18-12-4-6-13(7-5-12)19-16(21)14-3-2-9-23-14/h4-7,14,17H,2-3,8-11H2,1H3,(H,18,20)(H,19,21). The summed E-state index contributed by atoms with van der Waals surface area (Å²) < 4.78 is 10.2. The van der Waals surface area contributed by atoms with Crippen LogP contribution in [-0.4, -0.2) is 51.3 Å². The van der Waals surface area contributed by atoms with Gasteiger partial charge in [0.2, 0.25) is 5.91 Å². The van der Waals surface area contributed by atoms with Crippen LogP contribution < -0.4 is 16.0 Å². The molecule has 1 aliphatic heterocycles. The van der Waals surface area contributed by atoms with Crippen molar-refractivity contribution < 1.29 is 19.1 Å². The van der Waals surface area contributed by atoms with Crippen LogP contribution in [0.3, 0.4) is 0 Å². The molecule has 2 rings (SSSR count). The van der Waals surface area contributed by atoms with E-state index in [1.807, 2.05) is 0 Å². The Bertz CT molecular complexity index is 513. The molecule has 2 amide bonds. The molecule has 1 atom stereocenters. The third-order valence-corrected chi connectivity index (χ3v) is 3.43. The summed E-state index contributed by atoms with van der Waals surface area (Å²) in [6, 6.07) is 7.00. The van der Waals surface area contributed by atoms with Gasteiger partial charge in [0.05, 0.1) is 13.2 Å². The van der Waals surface area contributed by atoms with Crippen molar-refractivity contribution in [3.8, 4) is 0 Å². The van der Waals surface area contributed by atoms with Crippen molar-refractivity contribution in [1.82, 2.24) is 5.32 Å². The van der Waals surface area contributed by atoms with Crippen molar-refractivity contribution in [2.75, 3.05) is 44.0 Å². The van der Waals surface area contributed by atoms with Crippen LogP contribution in [-0.2, 0) is 19.1 Å². The number of nitrogens with one attached hydrogen (secondary N) is 3. The van der Waals surface area contributed by atoms with Gasteiger partial charge in [-0.25, -0.2) is 0 Å². The number of carbonyl (C=O) groups excluding carboxylic acids is 2.